The molecule has 104 valence electrons. The smallest absolute Gasteiger partial charge is 0.327 e. The van der Waals surface area contributed by atoms with Crippen molar-refractivity contribution in [1.82, 2.24) is 0 Å². The molecular formula is C16H14F3N. The predicted molar refractivity (Wildman–Crippen MR) is 75.0 cm³/mol. The standard InChI is InChI=1S/C16H14F3N/c17-16(18,19)14-9-7-13(8-10-14)15-6-2-1-4-12(15)5-3-11-20/h1-10H,11,20H2/b5-3+. The van der Waals surface area contributed by atoms with Crippen molar-refractivity contribution >= 4 is 6.08 Å². The number of benzene rings is 2. The highest BCUT2D eigenvalue weighted by molar-refractivity contribution is 5.75. The molecule has 0 amide bonds. The first kappa shape index (κ1) is 14.3. The van der Waals surface area contributed by atoms with Crippen LogP contribution in [0.3, 0.4) is 0 Å². The summed E-state index contributed by atoms with van der Waals surface area (Å²) in [7, 11) is 0. The number of nitrogens with two attached hydrogens (primary N) is 1. The molecule has 0 saturated carbocycles. The molecular weight excluding hydrogens is 263 g/mol. The van der Waals surface area contributed by atoms with Crippen LogP contribution >= 0.6 is 0 Å². The molecule has 0 aliphatic heterocycles. The van der Waals surface area contributed by atoms with Crippen LogP contribution < -0.4 is 5.73 Å². The molecule has 0 aliphatic carbocycles. The third-order valence-electron chi connectivity index (χ3n) is 2.92. The Bertz CT molecular complexity index is 598. The van der Waals surface area contributed by atoms with E-state index >= 15 is 0 Å². The summed E-state index contributed by atoms with van der Waals surface area (Å²) in [6.07, 6.45) is -0.632. The normalized spacial score (nSPS) is 12.0. The molecule has 2 rings (SSSR count). The van der Waals surface area contributed by atoms with Crippen molar-refractivity contribution in [2.75, 3.05) is 6.54 Å². The van der Waals surface area contributed by atoms with Crippen LogP contribution in [0.2, 0.25) is 0 Å². The van der Waals surface area contributed by atoms with Crippen LogP contribution in [0.15, 0.2) is 54.6 Å². The van der Waals surface area contributed by atoms with Crippen LogP contribution in [0.4, 0.5) is 13.2 Å². The Balaban J connectivity index is 2.39. The highest BCUT2D eigenvalue weighted by Crippen LogP contribution is 2.32. The van der Waals surface area contributed by atoms with Gasteiger partial charge in [-0.25, -0.2) is 0 Å². The van der Waals surface area contributed by atoms with E-state index < -0.39 is 11.7 Å². The van der Waals surface area contributed by atoms with Crippen molar-refractivity contribution in [3.05, 3.63) is 65.7 Å². The van der Waals surface area contributed by atoms with Crippen molar-refractivity contribution in [2.45, 2.75) is 6.18 Å². The molecule has 0 atom stereocenters. The lowest BCUT2D eigenvalue weighted by Gasteiger charge is -2.09. The van der Waals surface area contributed by atoms with Gasteiger partial charge >= 0.3 is 6.18 Å². The number of halogens is 3. The van der Waals surface area contributed by atoms with Gasteiger partial charge in [0.15, 0.2) is 0 Å². The van der Waals surface area contributed by atoms with Gasteiger partial charge in [0, 0.05) is 6.54 Å². The van der Waals surface area contributed by atoms with Crippen molar-refractivity contribution in [3.63, 3.8) is 0 Å². The fourth-order valence-corrected chi connectivity index (χ4v) is 1.94. The highest BCUT2D eigenvalue weighted by atomic mass is 19.4. The first-order valence-electron chi connectivity index (χ1n) is 6.15. The Hall–Kier alpha value is -2.07. The minimum absolute atomic E-state index is 0.418. The summed E-state index contributed by atoms with van der Waals surface area (Å²) in [4.78, 5) is 0. The van der Waals surface area contributed by atoms with Gasteiger partial charge in [-0.05, 0) is 28.8 Å². The molecule has 0 aliphatic rings. The quantitative estimate of drug-likeness (QED) is 0.887. The van der Waals surface area contributed by atoms with Crippen LogP contribution in [-0.4, -0.2) is 6.54 Å². The SMILES string of the molecule is NC/C=C/c1ccccc1-c1ccc(C(F)(F)F)cc1. The summed E-state index contributed by atoms with van der Waals surface area (Å²) in [5.74, 6) is 0. The van der Waals surface area contributed by atoms with Gasteiger partial charge in [0.2, 0.25) is 0 Å². The minimum atomic E-state index is -4.31. The third-order valence-corrected chi connectivity index (χ3v) is 2.92. The first-order valence-corrected chi connectivity index (χ1v) is 6.15. The Kier molecular flexibility index (Phi) is 4.25. The van der Waals surface area contributed by atoms with Crippen LogP contribution in [0.5, 0.6) is 0 Å². The number of hydrogen-bond donors (Lipinski definition) is 1. The van der Waals surface area contributed by atoms with Crippen molar-refractivity contribution < 1.29 is 13.2 Å². The van der Waals surface area contributed by atoms with Gasteiger partial charge in [-0.3, -0.25) is 0 Å². The molecule has 4 heteroatoms. The van der Waals surface area contributed by atoms with E-state index in [1.54, 1.807) is 0 Å². The van der Waals surface area contributed by atoms with Crippen molar-refractivity contribution in [3.8, 4) is 11.1 Å². The summed E-state index contributed by atoms with van der Waals surface area (Å²) in [5, 5.41) is 0. The van der Waals surface area contributed by atoms with E-state index in [1.807, 2.05) is 36.4 Å². The second-order valence-electron chi connectivity index (χ2n) is 4.30. The van der Waals surface area contributed by atoms with Crippen LogP contribution in [0.25, 0.3) is 17.2 Å². The fraction of sp³-hybridized carbons (Fsp3) is 0.125. The van der Waals surface area contributed by atoms with Gasteiger partial charge in [0.05, 0.1) is 5.56 Å². The molecule has 20 heavy (non-hydrogen) atoms. The van der Waals surface area contributed by atoms with Crippen LogP contribution in [-0.2, 0) is 6.18 Å². The average Bonchev–Trinajstić information content (AvgIpc) is 2.45. The summed E-state index contributed by atoms with van der Waals surface area (Å²) < 4.78 is 37.6. The Morgan fingerprint density at radius 1 is 0.950 bits per heavy atom. The van der Waals surface area contributed by atoms with E-state index in [1.165, 1.54) is 12.1 Å². The van der Waals surface area contributed by atoms with E-state index in [0.717, 1.165) is 28.8 Å². The number of hydrogen-bond acceptors (Lipinski definition) is 1. The molecule has 0 heterocycles. The Morgan fingerprint density at radius 2 is 1.60 bits per heavy atom. The zero-order chi connectivity index (χ0) is 14.6. The molecule has 2 N–H and O–H groups in total. The largest absolute Gasteiger partial charge is 0.416 e. The van der Waals surface area contributed by atoms with Gasteiger partial charge < -0.3 is 5.73 Å². The second kappa shape index (κ2) is 5.92. The Morgan fingerprint density at radius 3 is 2.20 bits per heavy atom. The Labute approximate surface area is 115 Å². The second-order valence-corrected chi connectivity index (χ2v) is 4.30. The van der Waals surface area contributed by atoms with Crippen molar-refractivity contribution in [2.24, 2.45) is 5.73 Å². The zero-order valence-electron chi connectivity index (χ0n) is 10.7. The molecule has 0 saturated heterocycles. The average molecular weight is 277 g/mol. The van der Waals surface area contributed by atoms with Crippen LogP contribution in [0.1, 0.15) is 11.1 Å². The highest BCUT2D eigenvalue weighted by Gasteiger charge is 2.29. The fourth-order valence-electron chi connectivity index (χ4n) is 1.94. The molecule has 2 aromatic carbocycles. The lowest BCUT2D eigenvalue weighted by atomic mass is 9.98. The maximum absolute atomic E-state index is 12.5. The van der Waals surface area contributed by atoms with E-state index in [9.17, 15) is 13.2 Å². The van der Waals surface area contributed by atoms with E-state index in [0.29, 0.717) is 6.54 Å². The topological polar surface area (TPSA) is 26.0 Å². The molecule has 0 radical (unpaired) electrons. The lowest BCUT2D eigenvalue weighted by Crippen LogP contribution is -2.04. The van der Waals surface area contributed by atoms with Gasteiger partial charge in [-0.1, -0.05) is 48.6 Å². The van der Waals surface area contributed by atoms with Gasteiger partial charge in [-0.2, -0.15) is 13.2 Å². The van der Waals surface area contributed by atoms with Crippen LogP contribution in [0, 0.1) is 0 Å². The molecule has 0 spiro atoms. The molecule has 0 unspecified atom stereocenters. The molecule has 2 aromatic rings. The van der Waals surface area contributed by atoms with E-state index in [2.05, 4.69) is 0 Å². The predicted octanol–water partition coefficient (Wildman–Crippen LogP) is 4.34. The zero-order valence-corrected chi connectivity index (χ0v) is 10.7. The minimum Gasteiger partial charge on any atom is -0.327 e. The number of alkyl halides is 3. The maximum atomic E-state index is 12.5. The van der Waals surface area contributed by atoms with Gasteiger partial charge in [-0.15, -0.1) is 0 Å². The molecule has 0 fully saturated rings. The third kappa shape index (κ3) is 3.27. The summed E-state index contributed by atoms with van der Waals surface area (Å²) >= 11 is 0. The maximum Gasteiger partial charge on any atom is 0.416 e. The molecule has 1 nitrogen and oxygen atoms in total. The molecule has 0 aromatic heterocycles. The lowest BCUT2D eigenvalue weighted by molar-refractivity contribution is -0.137. The van der Waals surface area contributed by atoms with E-state index in [4.69, 9.17) is 5.73 Å². The van der Waals surface area contributed by atoms with E-state index in [-0.39, 0.29) is 0 Å². The van der Waals surface area contributed by atoms with Crippen molar-refractivity contribution in [1.29, 1.82) is 0 Å². The summed E-state index contributed by atoms with van der Waals surface area (Å²) in [6, 6.07) is 12.7. The summed E-state index contributed by atoms with van der Waals surface area (Å²) in [5.41, 5.74) is 7.33. The van der Waals surface area contributed by atoms with Gasteiger partial charge in [0.25, 0.3) is 0 Å². The first-order chi connectivity index (χ1) is 9.52. The number of rotatable bonds is 3. The summed E-state index contributed by atoms with van der Waals surface area (Å²) in [6.45, 7) is 0.418. The molecule has 0 bridgehead atoms. The monoisotopic (exact) mass is 277 g/mol. The van der Waals surface area contributed by atoms with Gasteiger partial charge in [0.1, 0.15) is 0 Å².